The van der Waals surface area contributed by atoms with E-state index in [1.165, 1.54) is 11.3 Å². The second kappa shape index (κ2) is 6.93. The van der Waals surface area contributed by atoms with Crippen LogP contribution in [0.15, 0.2) is 77.2 Å². The first-order valence-corrected chi connectivity index (χ1v) is 8.97. The third-order valence-corrected chi connectivity index (χ3v) is 4.88. The zero-order chi connectivity index (χ0) is 17.9. The number of carbonyl (C=O) groups is 1. The van der Waals surface area contributed by atoms with Gasteiger partial charge in [-0.1, -0.05) is 36.4 Å². The van der Waals surface area contributed by atoms with E-state index in [1.54, 1.807) is 22.7 Å². The number of rotatable bonds is 4. The number of hydrogen-bond acceptors (Lipinski definition) is 4. The second-order valence-corrected chi connectivity index (χ2v) is 6.68. The molecular formula is C20H15N3O2S. The van der Waals surface area contributed by atoms with Gasteiger partial charge in [0.15, 0.2) is 0 Å². The molecule has 0 atom stereocenters. The molecule has 5 nitrogen and oxygen atoms in total. The van der Waals surface area contributed by atoms with Gasteiger partial charge in [0.2, 0.25) is 5.56 Å². The molecule has 2 heterocycles. The van der Waals surface area contributed by atoms with Gasteiger partial charge in [-0.3, -0.25) is 14.6 Å². The fourth-order valence-corrected chi connectivity index (χ4v) is 3.49. The van der Waals surface area contributed by atoms with E-state index in [4.69, 9.17) is 0 Å². The third kappa shape index (κ3) is 3.14. The van der Waals surface area contributed by atoms with Crippen LogP contribution in [0.5, 0.6) is 0 Å². The number of aromatic amines is 1. The molecule has 0 saturated carbocycles. The molecule has 1 N–H and O–H groups in total. The van der Waals surface area contributed by atoms with E-state index in [0.717, 1.165) is 22.2 Å². The van der Waals surface area contributed by atoms with Crippen LogP contribution in [0.25, 0.3) is 10.9 Å². The lowest BCUT2D eigenvalue weighted by Crippen LogP contribution is -2.30. The SMILES string of the molecule is O=C(c1cncs1)N(Cc1cc(=O)[nH]c2ccccc12)c1ccccc1. The lowest BCUT2D eigenvalue weighted by Gasteiger charge is -2.23. The lowest BCUT2D eigenvalue weighted by atomic mass is 10.1. The number of anilines is 1. The number of nitrogens with one attached hydrogen (secondary N) is 1. The summed E-state index contributed by atoms with van der Waals surface area (Å²) in [6.45, 7) is 0.297. The molecule has 4 aromatic rings. The highest BCUT2D eigenvalue weighted by Crippen LogP contribution is 2.24. The molecule has 4 rings (SSSR count). The summed E-state index contributed by atoms with van der Waals surface area (Å²) in [7, 11) is 0. The minimum atomic E-state index is -0.183. The average Bonchev–Trinajstić information content (AvgIpc) is 3.21. The van der Waals surface area contributed by atoms with Crippen LogP contribution in [0, 0.1) is 0 Å². The molecule has 0 fully saturated rings. The summed E-state index contributed by atoms with van der Waals surface area (Å²) in [6, 6.07) is 18.6. The molecule has 0 aliphatic carbocycles. The Morgan fingerprint density at radius 2 is 1.85 bits per heavy atom. The van der Waals surface area contributed by atoms with Gasteiger partial charge in [0.25, 0.3) is 5.91 Å². The molecule has 0 aliphatic rings. The second-order valence-electron chi connectivity index (χ2n) is 5.80. The average molecular weight is 361 g/mol. The van der Waals surface area contributed by atoms with Gasteiger partial charge in [-0.05, 0) is 23.8 Å². The van der Waals surface area contributed by atoms with Crippen molar-refractivity contribution in [3.8, 4) is 0 Å². The van der Waals surface area contributed by atoms with Crippen LogP contribution in [0.2, 0.25) is 0 Å². The van der Waals surface area contributed by atoms with Crippen molar-refractivity contribution in [1.82, 2.24) is 9.97 Å². The van der Waals surface area contributed by atoms with Gasteiger partial charge in [-0.2, -0.15) is 0 Å². The number of H-pyrrole nitrogens is 1. The summed E-state index contributed by atoms with van der Waals surface area (Å²) >= 11 is 1.30. The number of amides is 1. The van der Waals surface area contributed by atoms with Crippen LogP contribution >= 0.6 is 11.3 Å². The minimum Gasteiger partial charge on any atom is -0.322 e. The zero-order valence-electron chi connectivity index (χ0n) is 13.8. The van der Waals surface area contributed by atoms with E-state index >= 15 is 0 Å². The first-order chi connectivity index (χ1) is 12.7. The zero-order valence-corrected chi connectivity index (χ0v) is 14.6. The quantitative estimate of drug-likeness (QED) is 0.601. The molecule has 0 aliphatic heterocycles. The van der Waals surface area contributed by atoms with Gasteiger partial charge in [0, 0.05) is 22.7 Å². The van der Waals surface area contributed by atoms with Crippen LogP contribution in [0.4, 0.5) is 5.69 Å². The fraction of sp³-hybridized carbons (Fsp3) is 0.0500. The van der Waals surface area contributed by atoms with Gasteiger partial charge < -0.3 is 9.88 Å². The van der Waals surface area contributed by atoms with Crippen molar-refractivity contribution < 1.29 is 4.79 Å². The van der Waals surface area contributed by atoms with E-state index in [0.29, 0.717) is 11.4 Å². The molecule has 0 radical (unpaired) electrons. The van der Waals surface area contributed by atoms with Crippen LogP contribution < -0.4 is 10.5 Å². The van der Waals surface area contributed by atoms with Crippen molar-refractivity contribution >= 4 is 33.8 Å². The predicted molar refractivity (Wildman–Crippen MR) is 104 cm³/mol. The molecule has 1 amide bonds. The molecule has 0 unspecified atom stereocenters. The van der Waals surface area contributed by atoms with Crippen molar-refractivity contribution in [3.63, 3.8) is 0 Å². The van der Waals surface area contributed by atoms with Crippen molar-refractivity contribution in [2.45, 2.75) is 6.54 Å². The van der Waals surface area contributed by atoms with Crippen LogP contribution in [-0.2, 0) is 6.54 Å². The largest absolute Gasteiger partial charge is 0.322 e. The van der Waals surface area contributed by atoms with Crippen LogP contribution in [0.3, 0.4) is 0 Å². The van der Waals surface area contributed by atoms with E-state index in [-0.39, 0.29) is 11.5 Å². The van der Waals surface area contributed by atoms with Crippen molar-refractivity contribution in [3.05, 3.63) is 93.2 Å². The summed E-state index contributed by atoms with van der Waals surface area (Å²) in [5.41, 5.74) is 3.78. The summed E-state index contributed by atoms with van der Waals surface area (Å²) in [6.07, 6.45) is 1.57. The number of para-hydroxylation sites is 2. The Morgan fingerprint density at radius 1 is 1.08 bits per heavy atom. The highest BCUT2D eigenvalue weighted by atomic mass is 32.1. The Balaban J connectivity index is 1.81. The Bertz CT molecular complexity index is 1100. The van der Waals surface area contributed by atoms with Crippen molar-refractivity contribution in [2.75, 3.05) is 4.90 Å². The maximum absolute atomic E-state index is 13.0. The standard InChI is InChI=1S/C20H15N3O2S/c24-19-10-14(16-8-4-5-9-17(16)22-19)12-23(15-6-2-1-3-7-15)20(25)18-11-21-13-26-18/h1-11,13H,12H2,(H,22,24). The molecule has 128 valence electrons. The smallest absolute Gasteiger partial charge is 0.270 e. The number of hydrogen-bond donors (Lipinski definition) is 1. The van der Waals surface area contributed by atoms with Gasteiger partial charge >= 0.3 is 0 Å². The summed E-state index contributed by atoms with van der Waals surface area (Å²) in [5, 5.41) is 0.921. The predicted octanol–water partition coefficient (Wildman–Crippen LogP) is 3.83. The van der Waals surface area contributed by atoms with E-state index in [1.807, 2.05) is 54.6 Å². The minimum absolute atomic E-state index is 0.136. The normalized spacial score (nSPS) is 10.8. The Morgan fingerprint density at radius 3 is 2.62 bits per heavy atom. The molecule has 0 spiro atoms. The number of carbonyl (C=O) groups excluding carboxylic acids is 1. The summed E-state index contributed by atoms with van der Waals surface area (Å²) in [4.78, 5) is 34.2. The van der Waals surface area contributed by atoms with E-state index in [2.05, 4.69) is 9.97 Å². The van der Waals surface area contributed by atoms with Gasteiger partial charge in [0.1, 0.15) is 4.88 Å². The topological polar surface area (TPSA) is 66.1 Å². The van der Waals surface area contributed by atoms with Crippen molar-refractivity contribution in [1.29, 1.82) is 0 Å². The molecule has 0 bridgehead atoms. The Labute approximate surface area is 153 Å². The van der Waals surface area contributed by atoms with Gasteiger partial charge in [-0.25, -0.2) is 0 Å². The Hall–Kier alpha value is -3.25. The molecule has 2 aromatic carbocycles. The molecule has 0 saturated heterocycles. The number of pyridine rings is 1. The van der Waals surface area contributed by atoms with Crippen molar-refractivity contribution in [2.24, 2.45) is 0 Å². The molecule has 6 heteroatoms. The molecular weight excluding hydrogens is 346 g/mol. The highest BCUT2D eigenvalue weighted by molar-refractivity contribution is 7.11. The number of benzene rings is 2. The molecule has 26 heavy (non-hydrogen) atoms. The van der Waals surface area contributed by atoms with Crippen LogP contribution in [-0.4, -0.2) is 15.9 Å². The monoisotopic (exact) mass is 361 g/mol. The first-order valence-electron chi connectivity index (χ1n) is 8.09. The summed E-state index contributed by atoms with van der Waals surface area (Å²) in [5.74, 6) is -0.136. The fourth-order valence-electron chi connectivity index (χ4n) is 2.92. The first kappa shape index (κ1) is 16.2. The maximum Gasteiger partial charge on any atom is 0.270 e. The number of fused-ring (bicyclic) bond motifs is 1. The summed E-state index contributed by atoms with van der Waals surface area (Å²) < 4.78 is 0. The number of nitrogens with zero attached hydrogens (tertiary/aromatic N) is 2. The maximum atomic E-state index is 13.0. The van der Waals surface area contributed by atoms with Gasteiger partial charge in [-0.15, -0.1) is 11.3 Å². The number of aromatic nitrogens is 2. The highest BCUT2D eigenvalue weighted by Gasteiger charge is 2.20. The molecule has 2 aromatic heterocycles. The number of thiazole rings is 1. The lowest BCUT2D eigenvalue weighted by molar-refractivity contribution is 0.0989. The van der Waals surface area contributed by atoms with Crippen LogP contribution in [0.1, 0.15) is 15.2 Å². The Kier molecular flexibility index (Phi) is 4.33. The van der Waals surface area contributed by atoms with E-state index in [9.17, 15) is 9.59 Å². The third-order valence-electron chi connectivity index (χ3n) is 4.12. The van der Waals surface area contributed by atoms with Gasteiger partial charge in [0.05, 0.1) is 18.3 Å². The van der Waals surface area contributed by atoms with E-state index < -0.39 is 0 Å².